The molecule has 0 spiro atoms. The summed E-state index contributed by atoms with van der Waals surface area (Å²) in [6, 6.07) is 0. The number of ether oxygens (including phenoxy) is 1. The Kier molecular flexibility index (Phi) is 3.52. The summed E-state index contributed by atoms with van der Waals surface area (Å²) in [4.78, 5) is 0. The van der Waals surface area contributed by atoms with Crippen molar-refractivity contribution in [2.24, 2.45) is 0 Å². The molecule has 1 saturated heterocycles. The van der Waals surface area contributed by atoms with E-state index >= 15 is 0 Å². The van der Waals surface area contributed by atoms with Crippen molar-refractivity contribution in [2.75, 3.05) is 26.3 Å². The van der Waals surface area contributed by atoms with Gasteiger partial charge >= 0.3 is 0 Å². The number of hydrogen-bond acceptors (Lipinski definition) is 2. The van der Waals surface area contributed by atoms with Crippen LogP contribution in [0.25, 0.3) is 0 Å². The Morgan fingerprint density at radius 2 is 2.18 bits per heavy atom. The molecular weight excluding hydrogens is 162 g/mol. The molecule has 0 aromatic rings. The summed E-state index contributed by atoms with van der Waals surface area (Å²) in [7, 11) is -1.05. The van der Waals surface area contributed by atoms with Crippen LogP contribution in [0.3, 0.4) is 0 Å². The number of rotatable bonds is 2. The van der Waals surface area contributed by atoms with Gasteiger partial charge in [-0.3, -0.25) is 0 Å². The van der Waals surface area contributed by atoms with Crippen LogP contribution in [-0.2, 0) is 15.7 Å². The Labute approximate surface area is 68.9 Å². The third-order valence-electron chi connectivity index (χ3n) is 1.41. The van der Waals surface area contributed by atoms with Crippen LogP contribution in [-0.4, -0.2) is 34.8 Å². The van der Waals surface area contributed by atoms with Crippen LogP contribution in [0, 0.1) is 0 Å². The molecule has 1 fully saturated rings. The van der Waals surface area contributed by atoms with Gasteiger partial charge in [0.25, 0.3) is 0 Å². The molecule has 1 rings (SSSR count). The molecular formula is C7H11NO2S. The van der Waals surface area contributed by atoms with E-state index in [9.17, 15) is 4.21 Å². The van der Waals surface area contributed by atoms with Crippen LogP contribution in [0.15, 0.2) is 17.7 Å². The summed E-state index contributed by atoms with van der Waals surface area (Å²) >= 11 is 0. The van der Waals surface area contributed by atoms with Crippen molar-refractivity contribution in [3.8, 4) is 0 Å². The van der Waals surface area contributed by atoms with E-state index in [0.29, 0.717) is 13.2 Å². The molecule has 11 heavy (non-hydrogen) atoms. The number of morpholine rings is 1. The number of nitrogens with zero attached hydrogens (tertiary/aromatic N) is 1. The Morgan fingerprint density at radius 1 is 1.55 bits per heavy atom. The lowest BCUT2D eigenvalue weighted by molar-refractivity contribution is 0.0756. The van der Waals surface area contributed by atoms with Crippen molar-refractivity contribution in [3.63, 3.8) is 0 Å². The van der Waals surface area contributed by atoms with Crippen molar-refractivity contribution < 1.29 is 8.95 Å². The maximum atomic E-state index is 11.2. The zero-order valence-electron chi connectivity index (χ0n) is 6.28. The molecule has 0 N–H and O–H groups in total. The molecule has 0 aliphatic carbocycles. The van der Waals surface area contributed by atoms with Gasteiger partial charge in [-0.25, -0.2) is 8.51 Å². The molecule has 62 valence electrons. The van der Waals surface area contributed by atoms with E-state index in [0.717, 1.165) is 13.1 Å². The topological polar surface area (TPSA) is 29.5 Å². The van der Waals surface area contributed by atoms with Gasteiger partial charge in [-0.15, -0.1) is 5.73 Å². The number of hydrogen-bond donors (Lipinski definition) is 0. The second-order valence-corrected chi connectivity index (χ2v) is 3.44. The van der Waals surface area contributed by atoms with Gasteiger partial charge in [0.05, 0.1) is 18.6 Å². The highest BCUT2D eigenvalue weighted by Crippen LogP contribution is 2.01. The molecule has 0 saturated carbocycles. The Balaban J connectivity index is 2.44. The minimum absolute atomic E-state index is 0.663. The van der Waals surface area contributed by atoms with Gasteiger partial charge in [0.1, 0.15) is 11.0 Å². The van der Waals surface area contributed by atoms with Crippen molar-refractivity contribution in [2.45, 2.75) is 0 Å². The molecule has 0 aromatic heterocycles. The average Bonchev–Trinajstić information content (AvgIpc) is 2.07. The Morgan fingerprint density at radius 3 is 2.73 bits per heavy atom. The fourth-order valence-electron chi connectivity index (χ4n) is 0.872. The van der Waals surface area contributed by atoms with Crippen LogP contribution < -0.4 is 0 Å². The molecule has 1 aliphatic heterocycles. The summed E-state index contributed by atoms with van der Waals surface area (Å²) in [5.41, 5.74) is 2.51. The zero-order chi connectivity index (χ0) is 8.10. The van der Waals surface area contributed by atoms with Gasteiger partial charge in [-0.05, 0) is 0 Å². The summed E-state index contributed by atoms with van der Waals surface area (Å²) in [6.07, 6.45) is 0. The maximum absolute atomic E-state index is 11.2. The van der Waals surface area contributed by atoms with Crippen LogP contribution in [0.5, 0.6) is 0 Å². The van der Waals surface area contributed by atoms with E-state index in [2.05, 4.69) is 12.3 Å². The predicted molar refractivity (Wildman–Crippen MR) is 44.2 cm³/mol. The third-order valence-corrected chi connectivity index (χ3v) is 2.65. The fraction of sp³-hybridized carbons (Fsp3) is 0.571. The quantitative estimate of drug-likeness (QED) is 0.561. The smallest absolute Gasteiger partial charge is 0.128 e. The van der Waals surface area contributed by atoms with E-state index < -0.39 is 11.0 Å². The van der Waals surface area contributed by atoms with Crippen molar-refractivity contribution >= 4 is 11.0 Å². The normalized spacial score (nSPS) is 22.2. The second-order valence-electron chi connectivity index (χ2n) is 2.14. The summed E-state index contributed by atoms with van der Waals surface area (Å²) in [5.74, 6) is 0. The van der Waals surface area contributed by atoms with Crippen molar-refractivity contribution in [1.29, 1.82) is 0 Å². The Hall–Kier alpha value is -0.410. The molecule has 1 unspecified atom stereocenters. The SMILES string of the molecule is C=C=CS(=O)N1CCOCC1. The molecule has 0 amide bonds. The first-order valence-electron chi connectivity index (χ1n) is 3.44. The summed E-state index contributed by atoms with van der Waals surface area (Å²) in [6.45, 7) is 6.14. The van der Waals surface area contributed by atoms with Gasteiger partial charge in [-0.2, -0.15) is 0 Å². The van der Waals surface area contributed by atoms with Gasteiger partial charge in [-0.1, -0.05) is 6.58 Å². The minimum Gasteiger partial charge on any atom is -0.379 e. The molecule has 0 radical (unpaired) electrons. The molecule has 1 heterocycles. The van der Waals surface area contributed by atoms with Crippen LogP contribution in [0.1, 0.15) is 0 Å². The van der Waals surface area contributed by atoms with Gasteiger partial charge in [0.15, 0.2) is 0 Å². The average molecular weight is 173 g/mol. The minimum atomic E-state index is -1.05. The lowest BCUT2D eigenvalue weighted by Crippen LogP contribution is -2.36. The standard InChI is InChI=1S/C7H11NO2S/c1-2-7-11(9)8-3-5-10-6-4-8/h7H,1,3-6H2. The lowest BCUT2D eigenvalue weighted by atomic mass is 10.5. The lowest BCUT2D eigenvalue weighted by Gasteiger charge is -2.23. The van der Waals surface area contributed by atoms with Crippen LogP contribution >= 0.6 is 0 Å². The Bertz CT molecular complexity index is 193. The molecule has 0 aromatic carbocycles. The first kappa shape index (κ1) is 8.68. The van der Waals surface area contributed by atoms with Crippen LogP contribution in [0.4, 0.5) is 0 Å². The zero-order valence-corrected chi connectivity index (χ0v) is 7.10. The largest absolute Gasteiger partial charge is 0.379 e. The first-order valence-corrected chi connectivity index (χ1v) is 4.61. The van der Waals surface area contributed by atoms with Crippen molar-refractivity contribution in [3.05, 3.63) is 17.7 Å². The van der Waals surface area contributed by atoms with Crippen molar-refractivity contribution in [1.82, 2.24) is 4.31 Å². The third kappa shape index (κ3) is 2.60. The first-order chi connectivity index (χ1) is 5.34. The predicted octanol–water partition coefficient (Wildman–Crippen LogP) is 0.281. The fourth-order valence-corrected chi connectivity index (χ4v) is 1.67. The van der Waals surface area contributed by atoms with E-state index in [1.165, 1.54) is 5.41 Å². The summed E-state index contributed by atoms with van der Waals surface area (Å²) < 4.78 is 18.2. The van der Waals surface area contributed by atoms with E-state index in [4.69, 9.17) is 4.74 Å². The van der Waals surface area contributed by atoms with E-state index in [-0.39, 0.29) is 0 Å². The van der Waals surface area contributed by atoms with Gasteiger partial charge < -0.3 is 4.74 Å². The molecule has 0 bridgehead atoms. The van der Waals surface area contributed by atoms with Crippen LogP contribution in [0.2, 0.25) is 0 Å². The second kappa shape index (κ2) is 4.46. The maximum Gasteiger partial charge on any atom is 0.128 e. The van der Waals surface area contributed by atoms with E-state index in [1.54, 1.807) is 0 Å². The molecule has 1 atom stereocenters. The van der Waals surface area contributed by atoms with Gasteiger partial charge in [0, 0.05) is 13.1 Å². The molecule has 1 aliphatic rings. The van der Waals surface area contributed by atoms with E-state index in [1.807, 2.05) is 4.31 Å². The highest BCUT2D eigenvalue weighted by Gasteiger charge is 2.13. The highest BCUT2D eigenvalue weighted by atomic mass is 32.2. The van der Waals surface area contributed by atoms with Gasteiger partial charge in [0.2, 0.25) is 0 Å². The summed E-state index contributed by atoms with van der Waals surface area (Å²) in [5, 5.41) is 1.46. The highest BCUT2D eigenvalue weighted by molar-refractivity contribution is 7.85. The molecule has 4 heteroatoms. The molecule has 3 nitrogen and oxygen atoms in total. The monoisotopic (exact) mass is 173 g/mol.